The molecule has 0 spiro atoms. The van der Waals surface area contributed by atoms with Crippen LogP contribution < -0.4 is 11.1 Å². The first-order valence-electron chi connectivity index (χ1n) is 13.6. The minimum Gasteiger partial charge on any atom is -0.466 e. The lowest BCUT2D eigenvalue weighted by molar-refractivity contribution is -0.384. The van der Waals surface area contributed by atoms with E-state index in [1.807, 2.05) is 6.08 Å². The number of likely N-dealkylation sites (tertiary alicyclic amines) is 1. The molecule has 2 atom stereocenters. The average Bonchev–Trinajstić information content (AvgIpc) is 2.94. The quantitative estimate of drug-likeness (QED) is 0.113. The van der Waals surface area contributed by atoms with Gasteiger partial charge in [0.25, 0.3) is 5.69 Å². The van der Waals surface area contributed by atoms with Crippen LogP contribution in [0.3, 0.4) is 0 Å². The number of nitrogens with two attached hydrogens (primary N) is 1. The third-order valence-corrected chi connectivity index (χ3v) is 7.64. The van der Waals surface area contributed by atoms with Crippen molar-refractivity contribution in [1.82, 2.24) is 10.2 Å². The number of non-ortho nitro benzene ring substituents is 1. The molecule has 1 aromatic carbocycles. The zero-order chi connectivity index (χ0) is 29.7. The van der Waals surface area contributed by atoms with Gasteiger partial charge in [0.05, 0.1) is 35.7 Å². The number of nitrogens with one attached hydrogen (secondary N) is 1. The number of methoxy groups -OCH3 is 1. The van der Waals surface area contributed by atoms with E-state index in [1.54, 1.807) is 19.1 Å². The standard InChI is InChI=1S/C29H36N4O8/c1-18-23(24(25(26(30)31-18)27(34)40-2)20-7-5-8-21(17-20)33(38)39)28(35)41-16-6-15-32-14-4-3-9-22(32)19-10-12-29(36,37)13-11-19/h5,7-8,10-12,17,22,24,31,36-37H,3-4,6,9,13-16,30H2,1-2H3. The monoisotopic (exact) mass is 568 g/mol. The Morgan fingerprint density at radius 2 is 2.02 bits per heavy atom. The third-order valence-electron chi connectivity index (χ3n) is 7.64. The summed E-state index contributed by atoms with van der Waals surface area (Å²) in [7, 11) is 1.19. The van der Waals surface area contributed by atoms with Gasteiger partial charge in [0.15, 0.2) is 5.79 Å². The Hall–Kier alpha value is -4.00. The highest BCUT2D eigenvalue weighted by Gasteiger charge is 2.39. The van der Waals surface area contributed by atoms with E-state index in [2.05, 4.69) is 10.2 Å². The van der Waals surface area contributed by atoms with E-state index < -0.39 is 28.6 Å². The molecule has 1 fully saturated rings. The van der Waals surface area contributed by atoms with Crippen molar-refractivity contribution in [2.24, 2.45) is 5.73 Å². The molecule has 0 radical (unpaired) electrons. The normalized spacial score (nSPS) is 22.6. The molecule has 2 aliphatic heterocycles. The molecule has 1 aliphatic carbocycles. The number of nitrogens with zero attached hydrogens (tertiary/aromatic N) is 2. The van der Waals surface area contributed by atoms with Crippen molar-refractivity contribution >= 4 is 17.6 Å². The molecule has 5 N–H and O–H groups in total. The summed E-state index contributed by atoms with van der Waals surface area (Å²) in [6.45, 7) is 3.28. The summed E-state index contributed by atoms with van der Waals surface area (Å²) in [5, 5.41) is 33.9. The molecule has 220 valence electrons. The summed E-state index contributed by atoms with van der Waals surface area (Å²) in [5.74, 6) is -4.29. The number of nitro benzene ring substituents is 1. The van der Waals surface area contributed by atoms with Gasteiger partial charge in [-0.05, 0) is 49.9 Å². The second-order valence-corrected chi connectivity index (χ2v) is 10.4. The first-order valence-corrected chi connectivity index (χ1v) is 13.6. The molecule has 0 saturated carbocycles. The predicted molar refractivity (Wildman–Crippen MR) is 149 cm³/mol. The van der Waals surface area contributed by atoms with Gasteiger partial charge in [0.1, 0.15) is 5.82 Å². The van der Waals surface area contributed by atoms with Crippen molar-refractivity contribution in [2.75, 3.05) is 26.8 Å². The number of aliphatic hydroxyl groups is 2. The molecular formula is C29H36N4O8. The van der Waals surface area contributed by atoms with Crippen LogP contribution in [0.25, 0.3) is 0 Å². The number of benzene rings is 1. The van der Waals surface area contributed by atoms with E-state index in [0.717, 1.165) is 31.4 Å². The molecule has 2 unspecified atom stereocenters. The van der Waals surface area contributed by atoms with Crippen molar-refractivity contribution in [2.45, 2.75) is 56.8 Å². The van der Waals surface area contributed by atoms with Gasteiger partial charge in [0.2, 0.25) is 0 Å². The minimum atomic E-state index is -1.81. The van der Waals surface area contributed by atoms with Crippen LogP contribution in [0, 0.1) is 10.1 Å². The second kappa shape index (κ2) is 12.7. The molecule has 4 rings (SSSR count). The maximum atomic E-state index is 13.4. The van der Waals surface area contributed by atoms with Crippen LogP contribution in [0.5, 0.6) is 0 Å². The number of carbonyl (C=O) groups excluding carboxylic acids is 2. The van der Waals surface area contributed by atoms with Crippen molar-refractivity contribution in [3.8, 4) is 0 Å². The molecule has 1 aromatic rings. The number of esters is 2. The number of dihydropyridines is 1. The highest BCUT2D eigenvalue weighted by atomic mass is 16.6. The average molecular weight is 569 g/mol. The Morgan fingerprint density at radius 3 is 2.71 bits per heavy atom. The van der Waals surface area contributed by atoms with Gasteiger partial charge in [-0.1, -0.05) is 30.7 Å². The van der Waals surface area contributed by atoms with Gasteiger partial charge >= 0.3 is 11.9 Å². The lowest BCUT2D eigenvalue weighted by Crippen LogP contribution is -2.42. The van der Waals surface area contributed by atoms with E-state index in [9.17, 15) is 29.9 Å². The lowest BCUT2D eigenvalue weighted by Gasteiger charge is -2.38. The second-order valence-electron chi connectivity index (χ2n) is 10.4. The third kappa shape index (κ3) is 6.84. The molecule has 1 saturated heterocycles. The van der Waals surface area contributed by atoms with Gasteiger partial charge < -0.3 is 30.7 Å². The maximum Gasteiger partial charge on any atom is 0.338 e. The highest BCUT2D eigenvalue weighted by molar-refractivity contribution is 5.99. The molecule has 3 aliphatic rings. The number of ether oxygens (including phenoxy) is 2. The molecule has 2 heterocycles. The fourth-order valence-corrected chi connectivity index (χ4v) is 5.64. The van der Waals surface area contributed by atoms with Crippen LogP contribution in [0.2, 0.25) is 0 Å². The van der Waals surface area contributed by atoms with Gasteiger partial charge in [-0.2, -0.15) is 0 Å². The number of nitro groups is 1. The molecule has 12 heteroatoms. The van der Waals surface area contributed by atoms with E-state index in [4.69, 9.17) is 15.2 Å². The Labute approximate surface area is 237 Å². The Bertz CT molecular complexity index is 1330. The van der Waals surface area contributed by atoms with E-state index in [-0.39, 0.29) is 41.7 Å². The van der Waals surface area contributed by atoms with Crippen molar-refractivity contribution in [1.29, 1.82) is 0 Å². The van der Waals surface area contributed by atoms with E-state index >= 15 is 0 Å². The fraction of sp³-hybridized carbons (Fsp3) is 0.448. The smallest absolute Gasteiger partial charge is 0.338 e. The molecular weight excluding hydrogens is 532 g/mol. The zero-order valence-electron chi connectivity index (χ0n) is 23.2. The minimum absolute atomic E-state index is 0.00995. The largest absolute Gasteiger partial charge is 0.466 e. The predicted octanol–water partition coefficient (Wildman–Crippen LogP) is 2.25. The summed E-state index contributed by atoms with van der Waals surface area (Å²) in [6.07, 6.45) is 8.80. The molecule has 0 bridgehead atoms. The number of hydrogen-bond acceptors (Lipinski definition) is 11. The van der Waals surface area contributed by atoms with Crippen molar-refractivity contribution in [3.05, 3.63) is 86.4 Å². The van der Waals surface area contributed by atoms with E-state index in [0.29, 0.717) is 24.2 Å². The van der Waals surface area contributed by atoms with Gasteiger partial charge in [-0.25, -0.2) is 9.59 Å². The summed E-state index contributed by atoms with van der Waals surface area (Å²) in [6, 6.07) is 5.83. The summed E-state index contributed by atoms with van der Waals surface area (Å²) in [5.41, 5.74) is 7.76. The summed E-state index contributed by atoms with van der Waals surface area (Å²) in [4.78, 5) is 39.4. The van der Waals surface area contributed by atoms with Gasteiger partial charge in [-0.3, -0.25) is 15.0 Å². The van der Waals surface area contributed by atoms with Crippen LogP contribution in [-0.2, 0) is 19.1 Å². The fourth-order valence-electron chi connectivity index (χ4n) is 5.64. The Balaban J connectivity index is 1.47. The summed E-state index contributed by atoms with van der Waals surface area (Å²) >= 11 is 0. The SMILES string of the molecule is COC(=O)C1=C(N)NC(C)=C(C(=O)OCCCN2CCCCC2C2=CCC(O)(O)C=C2)C1c1cccc([N+](=O)[O-])c1. The number of hydrogen-bond donors (Lipinski definition) is 4. The summed E-state index contributed by atoms with van der Waals surface area (Å²) < 4.78 is 10.6. The first kappa shape index (κ1) is 30.0. The van der Waals surface area contributed by atoms with Gasteiger partial charge in [-0.15, -0.1) is 0 Å². The molecule has 41 heavy (non-hydrogen) atoms. The van der Waals surface area contributed by atoms with Gasteiger partial charge in [0, 0.05) is 36.8 Å². The highest BCUT2D eigenvalue weighted by Crippen LogP contribution is 2.39. The van der Waals surface area contributed by atoms with Crippen LogP contribution >= 0.6 is 0 Å². The topological polar surface area (TPSA) is 177 Å². The maximum absolute atomic E-state index is 13.4. The lowest BCUT2D eigenvalue weighted by atomic mass is 9.81. The van der Waals surface area contributed by atoms with E-state index in [1.165, 1.54) is 31.4 Å². The number of carbonyl (C=O) groups is 2. The van der Waals surface area contributed by atoms with Crippen molar-refractivity contribution in [3.63, 3.8) is 0 Å². The number of piperidine rings is 1. The van der Waals surface area contributed by atoms with Crippen molar-refractivity contribution < 1.29 is 34.2 Å². The Morgan fingerprint density at radius 1 is 1.24 bits per heavy atom. The van der Waals surface area contributed by atoms with Crippen LogP contribution in [0.15, 0.2) is 70.7 Å². The molecule has 12 nitrogen and oxygen atoms in total. The Kier molecular flexibility index (Phi) is 9.26. The zero-order valence-corrected chi connectivity index (χ0v) is 23.2. The van der Waals surface area contributed by atoms with Crippen LogP contribution in [0.1, 0.15) is 50.5 Å². The number of allylic oxidation sites excluding steroid dienone is 1. The van der Waals surface area contributed by atoms with Crippen LogP contribution in [0.4, 0.5) is 5.69 Å². The first-order chi connectivity index (χ1) is 19.5. The molecule has 0 amide bonds. The number of rotatable bonds is 9. The molecule has 0 aromatic heterocycles. The van der Waals surface area contributed by atoms with Crippen LogP contribution in [-0.4, -0.2) is 70.6 Å².